The van der Waals surface area contributed by atoms with Gasteiger partial charge in [0.25, 0.3) is 5.56 Å². The van der Waals surface area contributed by atoms with Gasteiger partial charge in [0, 0.05) is 0 Å². The Morgan fingerprint density at radius 3 is 2.76 bits per heavy atom. The summed E-state index contributed by atoms with van der Waals surface area (Å²) in [5.74, 6) is 1.06. The number of fused-ring (bicyclic) bond motifs is 1. The first kappa shape index (κ1) is 15.6. The summed E-state index contributed by atoms with van der Waals surface area (Å²) in [5.41, 5.74) is 1.11. The molecule has 3 aromatic heterocycles. The lowest BCUT2D eigenvalue weighted by atomic mass is 10.3. The lowest BCUT2D eigenvalue weighted by molar-refractivity contribution is 0.376. The van der Waals surface area contributed by atoms with Gasteiger partial charge in [0.15, 0.2) is 16.6 Å². The molecule has 0 aliphatic rings. The molecule has 1 N–H and O–H groups in total. The Hall–Kier alpha value is -2.94. The molecule has 0 radical (unpaired) electrons. The molecule has 9 heteroatoms. The molecule has 1 atom stereocenters. The van der Waals surface area contributed by atoms with Crippen LogP contribution in [-0.4, -0.2) is 29.9 Å². The molecule has 0 saturated carbocycles. The van der Waals surface area contributed by atoms with E-state index in [-0.39, 0.29) is 10.8 Å². The van der Waals surface area contributed by atoms with Gasteiger partial charge in [-0.2, -0.15) is 10.1 Å². The highest BCUT2D eigenvalue weighted by Crippen LogP contribution is 2.31. The van der Waals surface area contributed by atoms with Crippen LogP contribution in [0, 0.1) is 6.92 Å². The van der Waals surface area contributed by atoms with Crippen molar-refractivity contribution in [1.29, 1.82) is 0 Å². The van der Waals surface area contributed by atoms with Crippen LogP contribution in [0.4, 0.5) is 0 Å². The summed E-state index contributed by atoms with van der Waals surface area (Å²) in [6, 6.07) is 9.56. The third-order valence-electron chi connectivity index (χ3n) is 3.60. The van der Waals surface area contributed by atoms with E-state index < -0.39 is 0 Å². The van der Waals surface area contributed by atoms with Crippen molar-refractivity contribution in [2.24, 2.45) is 0 Å². The first-order valence-electron chi connectivity index (χ1n) is 7.62. The number of aromatic amines is 1. The molecule has 25 heavy (non-hydrogen) atoms. The molecule has 0 aliphatic carbocycles. The number of benzene rings is 1. The normalized spacial score (nSPS) is 12.6. The smallest absolute Gasteiger partial charge is 0.262 e. The molecule has 3 heterocycles. The summed E-state index contributed by atoms with van der Waals surface area (Å²) >= 11 is 1.34. The van der Waals surface area contributed by atoms with Crippen molar-refractivity contribution in [3.05, 3.63) is 58.6 Å². The second kappa shape index (κ2) is 6.17. The SMILES string of the molecule is Cc1noc([C@H](C)Sc2nc3c(cnn3-c3ccccc3)c(=O)[nH]2)n1. The number of aryl methyl sites for hydroxylation is 1. The average Bonchev–Trinajstić information content (AvgIpc) is 3.22. The quantitative estimate of drug-likeness (QED) is 0.444. The highest BCUT2D eigenvalue weighted by atomic mass is 32.2. The highest BCUT2D eigenvalue weighted by Gasteiger charge is 2.18. The van der Waals surface area contributed by atoms with Gasteiger partial charge in [0.1, 0.15) is 5.39 Å². The van der Waals surface area contributed by atoms with E-state index in [0.29, 0.717) is 27.9 Å². The number of rotatable bonds is 4. The molecule has 0 aliphatic heterocycles. The van der Waals surface area contributed by atoms with Crippen molar-refractivity contribution in [3.8, 4) is 5.69 Å². The number of H-pyrrole nitrogens is 1. The lowest BCUT2D eigenvalue weighted by Crippen LogP contribution is -2.10. The van der Waals surface area contributed by atoms with Gasteiger partial charge in [-0.25, -0.2) is 9.67 Å². The van der Waals surface area contributed by atoms with Crippen LogP contribution >= 0.6 is 11.8 Å². The number of hydrogen-bond acceptors (Lipinski definition) is 7. The van der Waals surface area contributed by atoms with Gasteiger partial charge in [-0.1, -0.05) is 35.1 Å². The number of thioether (sulfide) groups is 1. The zero-order chi connectivity index (χ0) is 17.4. The van der Waals surface area contributed by atoms with E-state index in [2.05, 4.69) is 25.2 Å². The standard InChI is InChI=1S/C16H14N6O2S/c1-9(15-18-10(2)21-24-15)25-16-19-13-12(14(23)20-16)8-17-22(13)11-6-4-3-5-7-11/h3-9H,1-2H3,(H,19,20,23)/t9-/m0/s1. The molecule has 0 saturated heterocycles. The monoisotopic (exact) mass is 354 g/mol. The summed E-state index contributed by atoms with van der Waals surface area (Å²) in [5, 5.41) is 8.85. The number of nitrogens with one attached hydrogen (secondary N) is 1. The molecule has 0 fully saturated rings. The van der Waals surface area contributed by atoms with Crippen LogP contribution in [0.3, 0.4) is 0 Å². The third kappa shape index (κ3) is 2.93. The van der Waals surface area contributed by atoms with Crippen LogP contribution in [0.2, 0.25) is 0 Å². The molecule has 8 nitrogen and oxygen atoms in total. The maximum Gasteiger partial charge on any atom is 0.262 e. The number of aromatic nitrogens is 6. The number of nitrogens with zero attached hydrogens (tertiary/aromatic N) is 5. The zero-order valence-electron chi connectivity index (χ0n) is 13.5. The van der Waals surface area contributed by atoms with Crippen molar-refractivity contribution < 1.29 is 4.52 Å². The van der Waals surface area contributed by atoms with Crippen LogP contribution in [0.15, 0.2) is 51.0 Å². The summed E-state index contributed by atoms with van der Waals surface area (Å²) < 4.78 is 6.82. The van der Waals surface area contributed by atoms with E-state index >= 15 is 0 Å². The van der Waals surface area contributed by atoms with Gasteiger partial charge in [0.05, 0.1) is 17.1 Å². The second-order valence-corrected chi connectivity index (χ2v) is 6.77. The van der Waals surface area contributed by atoms with Gasteiger partial charge in [-0.15, -0.1) is 0 Å². The van der Waals surface area contributed by atoms with Crippen molar-refractivity contribution in [2.75, 3.05) is 0 Å². The number of para-hydroxylation sites is 1. The molecule has 0 spiro atoms. The molecule has 0 amide bonds. The Labute approximate surface area is 146 Å². The number of hydrogen-bond donors (Lipinski definition) is 1. The minimum atomic E-state index is -0.233. The first-order valence-corrected chi connectivity index (χ1v) is 8.50. The second-order valence-electron chi connectivity index (χ2n) is 5.44. The third-order valence-corrected chi connectivity index (χ3v) is 4.57. The lowest BCUT2D eigenvalue weighted by Gasteiger charge is -2.06. The van der Waals surface area contributed by atoms with E-state index in [1.54, 1.807) is 11.6 Å². The Kier molecular flexibility index (Phi) is 3.85. The Morgan fingerprint density at radius 1 is 1.24 bits per heavy atom. The van der Waals surface area contributed by atoms with Crippen LogP contribution in [0.25, 0.3) is 16.7 Å². The van der Waals surface area contributed by atoms with Gasteiger partial charge in [-0.3, -0.25) is 4.79 Å². The Bertz CT molecular complexity index is 1080. The summed E-state index contributed by atoms with van der Waals surface area (Å²) in [4.78, 5) is 23.9. The predicted molar refractivity (Wildman–Crippen MR) is 92.8 cm³/mol. The molecular formula is C16H14N6O2S. The zero-order valence-corrected chi connectivity index (χ0v) is 14.3. The minimum Gasteiger partial charge on any atom is -0.338 e. The van der Waals surface area contributed by atoms with Gasteiger partial charge < -0.3 is 9.51 Å². The van der Waals surface area contributed by atoms with Crippen LogP contribution < -0.4 is 5.56 Å². The van der Waals surface area contributed by atoms with Crippen LogP contribution in [0.5, 0.6) is 0 Å². The fourth-order valence-corrected chi connectivity index (χ4v) is 3.23. The van der Waals surface area contributed by atoms with Gasteiger partial charge in [0.2, 0.25) is 5.89 Å². The van der Waals surface area contributed by atoms with Crippen molar-refractivity contribution in [2.45, 2.75) is 24.3 Å². The van der Waals surface area contributed by atoms with Crippen molar-refractivity contribution >= 4 is 22.8 Å². The van der Waals surface area contributed by atoms with E-state index in [1.807, 2.05) is 37.3 Å². The van der Waals surface area contributed by atoms with E-state index in [1.165, 1.54) is 18.0 Å². The Morgan fingerprint density at radius 2 is 2.04 bits per heavy atom. The van der Waals surface area contributed by atoms with Crippen molar-refractivity contribution in [3.63, 3.8) is 0 Å². The van der Waals surface area contributed by atoms with Gasteiger partial charge >= 0.3 is 0 Å². The molecule has 126 valence electrons. The van der Waals surface area contributed by atoms with Crippen LogP contribution in [-0.2, 0) is 0 Å². The topological polar surface area (TPSA) is 102 Å². The van der Waals surface area contributed by atoms with E-state index in [0.717, 1.165) is 5.69 Å². The first-order chi connectivity index (χ1) is 12.1. The fourth-order valence-electron chi connectivity index (χ4n) is 2.41. The minimum absolute atomic E-state index is 0.144. The van der Waals surface area contributed by atoms with Crippen LogP contribution in [0.1, 0.15) is 23.9 Å². The van der Waals surface area contributed by atoms with Crippen molar-refractivity contribution in [1.82, 2.24) is 29.9 Å². The molecule has 0 bridgehead atoms. The molecular weight excluding hydrogens is 340 g/mol. The Balaban J connectivity index is 1.74. The maximum absolute atomic E-state index is 12.4. The van der Waals surface area contributed by atoms with E-state index in [9.17, 15) is 4.79 Å². The van der Waals surface area contributed by atoms with Gasteiger partial charge in [-0.05, 0) is 26.0 Å². The van der Waals surface area contributed by atoms with E-state index in [4.69, 9.17) is 4.52 Å². The largest absolute Gasteiger partial charge is 0.338 e. The molecule has 0 unspecified atom stereocenters. The summed E-state index contributed by atoms with van der Waals surface area (Å²) in [7, 11) is 0. The summed E-state index contributed by atoms with van der Waals surface area (Å²) in [6.45, 7) is 3.67. The average molecular weight is 354 g/mol. The maximum atomic E-state index is 12.4. The summed E-state index contributed by atoms with van der Waals surface area (Å²) in [6.07, 6.45) is 1.52. The fraction of sp³-hybridized carbons (Fsp3) is 0.188. The highest BCUT2D eigenvalue weighted by molar-refractivity contribution is 7.99. The predicted octanol–water partition coefficient (Wildman–Crippen LogP) is 2.65. The molecule has 4 aromatic rings. The molecule has 4 rings (SSSR count). The molecule has 1 aromatic carbocycles.